The highest BCUT2D eigenvalue weighted by Gasteiger charge is 2.41. The topological polar surface area (TPSA) is 48.1 Å². The molecule has 1 aliphatic rings. The lowest BCUT2D eigenvalue weighted by Crippen LogP contribution is -2.15. The molecule has 1 fully saturated rings. The third-order valence-electron chi connectivity index (χ3n) is 5.23. The van der Waals surface area contributed by atoms with Crippen LogP contribution in [-0.4, -0.2) is 31.4 Å². The Morgan fingerprint density at radius 3 is 2.54 bits per heavy atom. The molecular formula is C24H36O4. The van der Waals surface area contributed by atoms with E-state index in [0.717, 1.165) is 19.4 Å². The van der Waals surface area contributed by atoms with Gasteiger partial charge in [-0.25, -0.2) is 4.79 Å². The fraction of sp³-hybridized carbons (Fsp3) is 0.625. The molecule has 1 aromatic carbocycles. The van der Waals surface area contributed by atoms with E-state index in [0.29, 0.717) is 36.5 Å². The summed E-state index contributed by atoms with van der Waals surface area (Å²) < 4.78 is 16.7. The van der Waals surface area contributed by atoms with E-state index < -0.39 is 0 Å². The van der Waals surface area contributed by atoms with Crippen LogP contribution in [0.2, 0.25) is 0 Å². The number of carbonyl (C=O) groups is 1. The summed E-state index contributed by atoms with van der Waals surface area (Å²) in [5.74, 6) is 1.38. The van der Waals surface area contributed by atoms with E-state index in [2.05, 4.69) is 32.9 Å². The van der Waals surface area contributed by atoms with Gasteiger partial charge in [0, 0.05) is 12.2 Å². The third kappa shape index (κ3) is 7.76. The fourth-order valence-electron chi connectivity index (χ4n) is 3.86. The predicted molar refractivity (Wildman–Crippen MR) is 112 cm³/mol. The molecule has 0 N–H and O–H groups in total. The summed E-state index contributed by atoms with van der Waals surface area (Å²) in [7, 11) is 0. The van der Waals surface area contributed by atoms with Crippen LogP contribution in [0.5, 0.6) is 0 Å². The van der Waals surface area contributed by atoms with Crippen LogP contribution in [0, 0.1) is 17.8 Å². The summed E-state index contributed by atoms with van der Waals surface area (Å²) in [6, 6.07) is 10.3. The average molecular weight is 389 g/mol. The maximum absolute atomic E-state index is 11.7. The van der Waals surface area contributed by atoms with Gasteiger partial charge in [0.15, 0.2) is 0 Å². The summed E-state index contributed by atoms with van der Waals surface area (Å²) in [6.45, 7) is 12.3. The van der Waals surface area contributed by atoms with Crippen LogP contribution in [0.25, 0.3) is 0 Å². The average Bonchev–Trinajstić information content (AvgIpc) is 3.42. The molecule has 0 radical (unpaired) electrons. The predicted octanol–water partition coefficient (Wildman–Crippen LogP) is 5.17. The summed E-state index contributed by atoms with van der Waals surface area (Å²) in [4.78, 5) is 11.7. The molecule has 0 spiro atoms. The monoisotopic (exact) mass is 388 g/mol. The van der Waals surface area contributed by atoms with Gasteiger partial charge >= 0.3 is 5.97 Å². The van der Waals surface area contributed by atoms with E-state index in [-0.39, 0.29) is 18.2 Å². The Labute approximate surface area is 170 Å². The van der Waals surface area contributed by atoms with Crippen LogP contribution in [0.15, 0.2) is 42.0 Å². The van der Waals surface area contributed by atoms with Crippen molar-refractivity contribution in [2.75, 3.05) is 13.2 Å². The summed E-state index contributed by atoms with van der Waals surface area (Å²) in [6.07, 6.45) is 4.45. The molecule has 0 unspecified atom stereocenters. The highest BCUT2D eigenvalue weighted by molar-refractivity contribution is 5.87. The first-order valence-corrected chi connectivity index (χ1v) is 10.5. The minimum Gasteiger partial charge on any atom is -0.463 e. The number of ether oxygens (including phenoxy) is 3. The standard InChI is InChI=1S/C24H36O4/c1-6-27-24(25)20(5)14-22-23(28-22)19(4)13-17(2)12-18(3)15-26-16-21-10-8-7-9-11-21/h7-11,14,17-19,22-23H,6,12-13,15-16H2,1-5H3/b20-14+/t17-,18+,19-,22-,23-/m1/s1. The molecule has 2 rings (SSSR count). The van der Waals surface area contributed by atoms with E-state index in [9.17, 15) is 4.79 Å². The van der Waals surface area contributed by atoms with Crippen LogP contribution >= 0.6 is 0 Å². The Balaban J connectivity index is 1.65. The van der Waals surface area contributed by atoms with Crippen molar-refractivity contribution in [3.8, 4) is 0 Å². The molecule has 4 nitrogen and oxygen atoms in total. The van der Waals surface area contributed by atoms with Crippen molar-refractivity contribution in [2.24, 2.45) is 17.8 Å². The number of hydrogen-bond donors (Lipinski definition) is 0. The zero-order valence-corrected chi connectivity index (χ0v) is 18.0. The second kappa shape index (κ2) is 11.4. The Kier molecular flexibility index (Phi) is 9.20. The van der Waals surface area contributed by atoms with Crippen LogP contribution in [0.1, 0.15) is 53.0 Å². The van der Waals surface area contributed by atoms with Gasteiger partial charge in [-0.15, -0.1) is 0 Å². The van der Waals surface area contributed by atoms with E-state index in [1.807, 2.05) is 31.2 Å². The maximum Gasteiger partial charge on any atom is 0.333 e. The second-order valence-corrected chi connectivity index (χ2v) is 8.30. The lowest BCUT2D eigenvalue weighted by Gasteiger charge is -2.20. The van der Waals surface area contributed by atoms with Crippen LogP contribution in [-0.2, 0) is 25.6 Å². The first kappa shape index (κ1) is 22.6. The number of hydrogen-bond acceptors (Lipinski definition) is 4. The van der Waals surface area contributed by atoms with Crippen molar-refractivity contribution in [3.63, 3.8) is 0 Å². The molecule has 1 saturated heterocycles. The first-order valence-electron chi connectivity index (χ1n) is 10.5. The molecule has 0 aliphatic carbocycles. The number of rotatable bonds is 12. The van der Waals surface area contributed by atoms with Crippen LogP contribution in [0.3, 0.4) is 0 Å². The molecule has 1 heterocycles. The Hall–Kier alpha value is -1.65. The van der Waals surface area contributed by atoms with Gasteiger partial charge in [0.1, 0.15) is 6.10 Å². The Morgan fingerprint density at radius 1 is 1.14 bits per heavy atom. The molecule has 1 aliphatic heterocycles. The normalized spacial score (nSPS) is 22.4. The maximum atomic E-state index is 11.7. The van der Waals surface area contributed by atoms with Gasteiger partial charge in [-0.05, 0) is 56.1 Å². The number of esters is 1. The lowest BCUT2D eigenvalue weighted by atomic mass is 9.87. The van der Waals surface area contributed by atoms with Crippen molar-refractivity contribution in [1.29, 1.82) is 0 Å². The summed E-state index contributed by atoms with van der Waals surface area (Å²) in [5.41, 5.74) is 1.86. The second-order valence-electron chi connectivity index (χ2n) is 8.30. The minimum absolute atomic E-state index is 0.0539. The van der Waals surface area contributed by atoms with Crippen molar-refractivity contribution in [2.45, 2.75) is 66.3 Å². The van der Waals surface area contributed by atoms with E-state index in [4.69, 9.17) is 14.2 Å². The van der Waals surface area contributed by atoms with Crippen molar-refractivity contribution < 1.29 is 19.0 Å². The van der Waals surface area contributed by atoms with Gasteiger partial charge < -0.3 is 14.2 Å². The van der Waals surface area contributed by atoms with Gasteiger partial charge in [0.2, 0.25) is 0 Å². The highest BCUT2D eigenvalue weighted by atomic mass is 16.6. The molecule has 5 atom stereocenters. The minimum atomic E-state index is -0.248. The van der Waals surface area contributed by atoms with Crippen molar-refractivity contribution in [1.82, 2.24) is 0 Å². The van der Waals surface area contributed by atoms with E-state index in [1.165, 1.54) is 5.56 Å². The number of carbonyl (C=O) groups excluding carboxylic acids is 1. The summed E-state index contributed by atoms with van der Waals surface area (Å²) in [5, 5.41) is 0. The van der Waals surface area contributed by atoms with Gasteiger partial charge in [0.25, 0.3) is 0 Å². The van der Waals surface area contributed by atoms with Gasteiger partial charge in [0.05, 0.1) is 19.3 Å². The molecule has 0 amide bonds. The fourth-order valence-corrected chi connectivity index (χ4v) is 3.86. The number of epoxide rings is 1. The van der Waals surface area contributed by atoms with Crippen molar-refractivity contribution >= 4 is 5.97 Å². The largest absolute Gasteiger partial charge is 0.463 e. The molecule has 156 valence electrons. The summed E-state index contributed by atoms with van der Waals surface area (Å²) >= 11 is 0. The van der Waals surface area contributed by atoms with Crippen LogP contribution in [0.4, 0.5) is 0 Å². The molecule has 0 saturated carbocycles. The highest BCUT2D eigenvalue weighted by Crippen LogP contribution is 2.35. The molecule has 4 heteroatoms. The SMILES string of the molecule is CCOC(=O)/C(C)=C/[C@H]1O[C@@H]1[C@H](C)C[C@H](C)C[C@H](C)COCc1ccccc1. The molecule has 28 heavy (non-hydrogen) atoms. The molecule has 0 bridgehead atoms. The van der Waals surface area contributed by atoms with E-state index >= 15 is 0 Å². The molecular weight excluding hydrogens is 352 g/mol. The number of benzene rings is 1. The van der Waals surface area contributed by atoms with E-state index in [1.54, 1.807) is 6.92 Å². The Morgan fingerprint density at radius 2 is 1.86 bits per heavy atom. The first-order chi connectivity index (χ1) is 13.4. The quantitative estimate of drug-likeness (QED) is 0.282. The smallest absolute Gasteiger partial charge is 0.333 e. The zero-order valence-electron chi connectivity index (χ0n) is 18.0. The van der Waals surface area contributed by atoms with Crippen LogP contribution < -0.4 is 0 Å². The van der Waals surface area contributed by atoms with Gasteiger partial charge in [-0.1, -0.05) is 51.1 Å². The van der Waals surface area contributed by atoms with Crippen molar-refractivity contribution in [3.05, 3.63) is 47.5 Å². The zero-order chi connectivity index (χ0) is 20.5. The third-order valence-corrected chi connectivity index (χ3v) is 5.23. The van der Waals surface area contributed by atoms with Gasteiger partial charge in [-0.2, -0.15) is 0 Å². The van der Waals surface area contributed by atoms with Gasteiger partial charge in [-0.3, -0.25) is 0 Å². The Bertz CT molecular complexity index is 625. The molecule has 1 aromatic rings. The molecule has 0 aromatic heterocycles. The lowest BCUT2D eigenvalue weighted by molar-refractivity contribution is -0.138.